The molecule has 142 valence electrons. The van der Waals surface area contributed by atoms with Crippen molar-refractivity contribution in [2.24, 2.45) is 0 Å². The van der Waals surface area contributed by atoms with Gasteiger partial charge in [-0.1, -0.05) is 66.7 Å². The monoisotopic (exact) mass is 405 g/mol. The van der Waals surface area contributed by atoms with Gasteiger partial charge in [-0.2, -0.15) is 0 Å². The van der Waals surface area contributed by atoms with Gasteiger partial charge in [-0.05, 0) is 40.8 Å². The predicted octanol–water partition coefficient (Wildman–Crippen LogP) is 8.08. The van der Waals surface area contributed by atoms with Gasteiger partial charge in [0.05, 0.1) is 5.69 Å². The molecule has 3 heteroatoms. The Labute approximate surface area is 177 Å². The van der Waals surface area contributed by atoms with E-state index in [1.165, 1.54) is 5.56 Å². The standard InChI is InChI=1S/C27H16FNS/c28-27-21(23-14-18-8-4-5-9-20(18)16-29-23)12-13-24-26(27)22-11-10-19(15-25(22)30-24)17-6-2-1-3-7-17/h1-16H. The van der Waals surface area contributed by atoms with Gasteiger partial charge in [-0.15, -0.1) is 11.3 Å². The van der Waals surface area contributed by atoms with Crippen LogP contribution in [0.25, 0.3) is 53.3 Å². The fraction of sp³-hybridized carbons (Fsp3) is 0. The van der Waals surface area contributed by atoms with Crippen LogP contribution in [0.2, 0.25) is 0 Å². The Morgan fingerprint density at radius 2 is 1.47 bits per heavy atom. The molecule has 4 aromatic carbocycles. The maximum atomic E-state index is 15.7. The minimum atomic E-state index is -0.200. The first kappa shape index (κ1) is 17.3. The highest BCUT2D eigenvalue weighted by atomic mass is 32.1. The molecule has 0 aliphatic rings. The molecule has 2 heterocycles. The van der Waals surface area contributed by atoms with E-state index in [-0.39, 0.29) is 5.82 Å². The van der Waals surface area contributed by atoms with Crippen molar-refractivity contribution in [2.45, 2.75) is 0 Å². The van der Waals surface area contributed by atoms with Crippen molar-refractivity contribution < 1.29 is 4.39 Å². The Bertz CT molecular complexity index is 1550. The highest BCUT2D eigenvalue weighted by molar-refractivity contribution is 7.25. The molecule has 2 aromatic heterocycles. The molecule has 0 fully saturated rings. The van der Waals surface area contributed by atoms with Gasteiger partial charge in [-0.25, -0.2) is 4.39 Å². The van der Waals surface area contributed by atoms with Gasteiger partial charge in [0.15, 0.2) is 0 Å². The summed E-state index contributed by atoms with van der Waals surface area (Å²) in [5, 5.41) is 3.75. The summed E-state index contributed by atoms with van der Waals surface area (Å²) in [6, 6.07) is 30.4. The molecule has 0 N–H and O–H groups in total. The number of halogens is 1. The smallest absolute Gasteiger partial charge is 0.141 e. The molecular formula is C27H16FNS. The van der Waals surface area contributed by atoms with E-state index in [1.54, 1.807) is 11.3 Å². The van der Waals surface area contributed by atoms with Crippen molar-refractivity contribution in [1.29, 1.82) is 0 Å². The molecule has 0 bridgehead atoms. The molecule has 0 aliphatic carbocycles. The molecule has 6 aromatic rings. The molecule has 0 unspecified atom stereocenters. The summed E-state index contributed by atoms with van der Waals surface area (Å²) in [6.07, 6.45) is 1.81. The lowest BCUT2D eigenvalue weighted by atomic mass is 10.0. The number of hydrogen-bond donors (Lipinski definition) is 0. The summed E-state index contributed by atoms with van der Waals surface area (Å²) < 4.78 is 17.8. The number of aromatic nitrogens is 1. The third-order valence-electron chi connectivity index (χ3n) is 5.59. The van der Waals surface area contributed by atoms with Crippen molar-refractivity contribution in [3.63, 3.8) is 0 Å². The molecule has 30 heavy (non-hydrogen) atoms. The normalized spacial score (nSPS) is 11.5. The first-order chi connectivity index (χ1) is 14.8. The fourth-order valence-electron chi connectivity index (χ4n) is 4.06. The predicted molar refractivity (Wildman–Crippen MR) is 125 cm³/mol. The number of fused-ring (bicyclic) bond motifs is 4. The lowest BCUT2D eigenvalue weighted by Crippen LogP contribution is -1.89. The van der Waals surface area contributed by atoms with Crippen molar-refractivity contribution in [1.82, 2.24) is 4.98 Å². The Morgan fingerprint density at radius 3 is 2.33 bits per heavy atom. The molecule has 0 atom stereocenters. The first-order valence-electron chi connectivity index (χ1n) is 9.83. The molecule has 0 aliphatic heterocycles. The van der Waals surface area contributed by atoms with Crippen LogP contribution in [0, 0.1) is 5.82 Å². The van der Waals surface area contributed by atoms with Crippen LogP contribution in [0.4, 0.5) is 4.39 Å². The Morgan fingerprint density at radius 1 is 0.667 bits per heavy atom. The van der Waals surface area contributed by atoms with E-state index >= 15 is 4.39 Å². The van der Waals surface area contributed by atoms with Crippen molar-refractivity contribution in [3.8, 4) is 22.4 Å². The van der Waals surface area contributed by atoms with E-state index in [0.29, 0.717) is 16.6 Å². The van der Waals surface area contributed by atoms with Gasteiger partial charge in [0.1, 0.15) is 5.82 Å². The van der Waals surface area contributed by atoms with Gasteiger partial charge in [0.25, 0.3) is 0 Å². The summed E-state index contributed by atoms with van der Waals surface area (Å²) in [5.41, 5.74) is 3.51. The van der Waals surface area contributed by atoms with E-state index in [4.69, 9.17) is 0 Å². The number of nitrogens with zero attached hydrogens (tertiary/aromatic N) is 1. The van der Waals surface area contributed by atoms with Crippen LogP contribution < -0.4 is 0 Å². The number of hydrogen-bond acceptors (Lipinski definition) is 2. The van der Waals surface area contributed by atoms with Crippen molar-refractivity contribution in [3.05, 3.63) is 103 Å². The van der Waals surface area contributed by atoms with Crippen LogP contribution >= 0.6 is 11.3 Å². The van der Waals surface area contributed by atoms with E-state index in [1.807, 2.05) is 72.9 Å². The second-order valence-electron chi connectivity index (χ2n) is 7.40. The Balaban J connectivity index is 1.55. The molecule has 1 nitrogen and oxygen atoms in total. The quantitative estimate of drug-likeness (QED) is 0.284. The first-order valence-corrected chi connectivity index (χ1v) is 10.6. The second-order valence-corrected chi connectivity index (χ2v) is 8.48. The van der Waals surface area contributed by atoms with Gasteiger partial charge in [-0.3, -0.25) is 4.98 Å². The molecule has 6 rings (SSSR count). The molecule has 0 spiro atoms. The van der Waals surface area contributed by atoms with Gasteiger partial charge < -0.3 is 0 Å². The average Bonchev–Trinajstić information content (AvgIpc) is 3.18. The zero-order valence-corrected chi connectivity index (χ0v) is 16.8. The van der Waals surface area contributed by atoms with E-state index in [2.05, 4.69) is 29.2 Å². The lowest BCUT2D eigenvalue weighted by Gasteiger charge is -2.06. The molecular weight excluding hydrogens is 389 g/mol. The summed E-state index contributed by atoms with van der Waals surface area (Å²) in [6.45, 7) is 0. The largest absolute Gasteiger partial charge is 0.255 e. The van der Waals surface area contributed by atoms with Crippen LogP contribution in [-0.2, 0) is 0 Å². The van der Waals surface area contributed by atoms with E-state index in [0.717, 1.165) is 31.1 Å². The lowest BCUT2D eigenvalue weighted by molar-refractivity contribution is 0.643. The SMILES string of the molecule is Fc1c(-c2cc3ccccc3cn2)ccc2sc3cc(-c4ccccc4)ccc3c12. The average molecular weight is 405 g/mol. The zero-order chi connectivity index (χ0) is 20.1. The Kier molecular flexibility index (Phi) is 3.90. The number of pyridine rings is 1. The van der Waals surface area contributed by atoms with Crippen LogP contribution in [0.3, 0.4) is 0 Å². The van der Waals surface area contributed by atoms with Gasteiger partial charge >= 0.3 is 0 Å². The summed E-state index contributed by atoms with van der Waals surface area (Å²) >= 11 is 1.63. The topological polar surface area (TPSA) is 12.9 Å². The third kappa shape index (κ3) is 2.71. The molecule has 0 radical (unpaired) electrons. The highest BCUT2D eigenvalue weighted by Gasteiger charge is 2.16. The molecule has 0 saturated heterocycles. The maximum Gasteiger partial charge on any atom is 0.141 e. The zero-order valence-electron chi connectivity index (χ0n) is 16.0. The summed E-state index contributed by atoms with van der Waals surface area (Å²) in [4.78, 5) is 4.53. The van der Waals surface area contributed by atoms with Crippen LogP contribution in [0.15, 0.2) is 97.2 Å². The van der Waals surface area contributed by atoms with E-state index < -0.39 is 0 Å². The van der Waals surface area contributed by atoms with Crippen LogP contribution in [0.5, 0.6) is 0 Å². The van der Waals surface area contributed by atoms with Crippen LogP contribution in [-0.4, -0.2) is 4.98 Å². The molecule has 0 saturated carbocycles. The summed E-state index contributed by atoms with van der Waals surface area (Å²) in [5.74, 6) is -0.200. The van der Waals surface area contributed by atoms with Crippen molar-refractivity contribution >= 4 is 42.3 Å². The number of thiophene rings is 1. The maximum absolute atomic E-state index is 15.7. The van der Waals surface area contributed by atoms with Crippen LogP contribution in [0.1, 0.15) is 0 Å². The third-order valence-corrected chi connectivity index (χ3v) is 6.71. The second kappa shape index (κ2) is 6.75. The highest BCUT2D eigenvalue weighted by Crippen LogP contribution is 2.40. The van der Waals surface area contributed by atoms with Crippen molar-refractivity contribution in [2.75, 3.05) is 0 Å². The molecule has 0 amide bonds. The van der Waals surface area contributed by atoms with Gasteiger partial charge in [0, 0.05) is 37.3 Å². The van der Waals surface area contributed by atoms with Gasteiger partial charge in [0.2, 0.25) is 0 Å². The number of benzene rings is 4. The number of rotatable bonds is 2. The Hall–Kier alpha value is -3.56. The minimum absolute atomic E-state index is 0.200. The summed E-state index contributed by atoms with van der Waals surface area (Å²) in [7, 11) is 0. The minimum Gasteiger partial charge on any atom is -0.255 e. The van der Waals surface area contributed by atoms with E-state index in [9.17, 15) is 0 Å². The fourth-order valence-corrected chi connectivity index (χ4v) is 5.21.